The molecule has 2 rings (SSSR count). The normalized spacial score (nSPS) is 17.2. The predicted octanol–water partition coefficient (Wildman–Crippen LogP) is 1.16. The molecule has 0 spiro atoms. The standard InChI is InChI=1S/C17H24N4O3/c1-4-18-17(24)21-8-7-19-16(23)14(21)10-15(22)20-13-6-5-11(2)12(3)9-13/h5-6,9,14H,4,7-8,10H2,1-3H3,(H,18,24)(H,19,23)(H,20,22). The Hall–Kier alpha value is -2.57. The lowest BCUT2D eigenvalue weighted by Gasteiger charge is -2.34. The van der Waals surface area contributed by atoms with Crippen LogP contribution < -0.4 is 16.0 Å². The fourth-order valence-corrected chi connectivity index (χ4v) is 2.62. The van der Waals surface area contributed by atoms with E-state index in [1.807, 2.05) is 39.0 Å². The number of rotatable bonds is 4. The van der Waals surface area contributed by atoms with Crippen molar-refractivity contribution in [3.05, 3.63) is 29.3 Å². The Bertz CT molecular complexity index is 645. The van der Waals surface area contributed by atoms with Crippen molar-refractivity contribution in [3.8, 4) is 0 Å². The lowest BCUT2D eigenvalue weighted by molar-refractivity contribution is -0.131. The van der Waals surface area contributed by atoms with Crippen molar-refractivity contribution < 1.29 is 14.4 Å². The minimum Gasteiger partial charge on any atom is -0.353 e. The summed E-state index contributed by atoms with van der Waals surface area (Å²) in [5, 5.41) is 8.17. The highest BCUT2D eigenvalue weighted by Gasteiger charge is 2.34. The summed E-state index contributed by atoms with van der Waals surface area (Å²) in [6.07, 6.45) is -0.0735. The third-order valence-corrected chi connectivity index (χ3v) is 4.09. The summed E-state index contributed by atoms with van der Waals surface area (Å²) in [5.41, 5.74) is 2.90. The number of nitrogens with one attached hydrogen (secondary N) is 3. The number of nitrogens with zero attached hydrogens (tertiary/aromatic N) is 1. The van der Waals surface area contributed by atoms with Crippen molar-refractivity contribution in [3.63, 3.8) is 0 Å². The number of piperazine rings is 1. The second kappa shape index (κ2) is 7.81. The Balaban J connectivity index is 2.04. The molecule has 1 atom stereocenters. The molecular weight excluding hydrogens is 308 g/mol. The monoisotopic (exact) mass is 332 g/mol. The number of aryl methyl sites for hydroxylation is 2. The first-order valence-corrected chi connectivity index (χ1v) is 8.11. The van der Waals surface area contributed by atoms with Crippen LogP contribution in [0.3, 0.4) is 0 Å². The molecule has 1 heterocycles. The van der Waals surface area contributed by atoms with Crippen molar-refractivity contribution in [1.82, 2.24) is 15.5 Å². The molecule has 1 fully saturated rings. The van der Waals surface area contributed by atoms with Gasteiger partial charge in [-0.1, -0.05) is 6.07 Å². The molecule has 0 bridgehead atoms. The van der Waals surface area contributed by atoms with Gasteiger partial charge in [0, 0.05) is 25.3 Å². The minimum absolute atomic E-state index is 0.0735. The van der Waals surface area contributed by atoms with Gasteiger partial charge in [-0.3, -0.25) is 9.59 Å². The van der Waals surface area contributed by atoms with Crippen LogP contribution in [0.5, 0.6) is 0 Å². The van der Waals surface area contributed by atoms with Gasteiger partial charge in [-0.15, -0.1) is 0 Å². The van der Waals surface area contributed by atoms with Crippen molar-refractivity contribution in [2.24, 2.45) is 0 Å². The molecule has 24 heavy (non-hydrogen) atoms. The first kappa shape index (κ1) is 17.8. The van der Waals surface area contributed by atoms with Gasteiger partial charge in [0.15, 0.2) is 0 Å². The Kier molecular flexibility index (Phi) is 5.78. The number of urea groups is 1. The van der Waals surface area contributed by atoms with Crippen LogP contribution in [0.25, 0.3) is 0 Å². The number of benzene rings is 1. The highest BCUT2D eigenvalue weighted by molar-refractivity contribution is 5.97. The van der Waals surface area contributed by atoms with E-state index in [0.717, 1.165) is 11.1 Å². The SMILES string of the molecule is CCNC(=O)N1CCNC(=O)C1CC(=O)Nc1ccc(C)c(C)c1. The molecule has 130 valence electrons. The fraction of sp³-hybridized carbons (Fsp3) is 0.471. The topological polar surface area (TPSA) is 90.5 Å². The molecule has 7 nitrogen and oxygen atoms in total. The molecule has 1 unspecified atom stereocenters. The molecule has 0 aromatic heterocycles. The van der Waals surface area contributed by atoms with E-state index >= 15 is 0 Å². The van der Waals surface area contributed by atoms with Crippen molar-refractivity contribution in [2.45, 2.75) is 33.2 Å². The molecule has 7 heteroatoms. The second-order valence-electron chi connectivity index (χ2n) is 5.89. The summed E-state index contributed by atoms with van der Waals surface area (Å²) in [5.74, 6) is -0.600. The summed E-state index contributed by atoms with van der Waals surface area (Å²) in [6, 6.07) is 4.52. The van der Waals surface area contributed by atoms with Crippen molar-refractivity contribution >= 4 is 23.5 Å². The van der Waals surface area contributed by atoms with Gasteiger partial charge in [0.25, 0.3) is 0 Å². The van der Waals surface area contributed by atoms with Crippen LogP contribution in [0.4, 0.5) is 10.5 Å². The summed E-state index contributed by atoms with van der Waals surface area (Å²) >= 11 is 0. The quantitative estimate of drug-likeness (QED) is 0.773. The summed E-state index contributed by atoms with van der Waals surface area (Å²) in [4.78, 5) is 37.9. The number of carbonyl (C=O) groups is 3. The van der Waals surface area contributed by atoms with E-state index < -0.39 is 6.04 Å². The number of carbonyl (C=O) groups excluding carboxylic acids is 3. The summed E-state index contributed by atoms with van der Waals surface area (Å²) < 4.78 is 0. The van der Waals surface area contributed by atoms with Gasteiger partial charge in [0.1, 0.15) is 6.04 Å². The minimum atomic E-state index is -0.795. The van der Waals surface area contributed by atoms with Gasteiger partial charge in [-0.25, -0.2) is 4.79 Å². The van der Waals surface area contributed by atoms with Gasteiger partial charge in [0.05, 0.1) is 6.42 Å². The van der Waals surface area contributed by atoms with Crippen LogP contribution >= 0.6 is 0 Å². The largest absolute Gasteiger partial charge is 0.353 e. The first-order chi connectivity index (χ1) is 11.4. The van der Waals surface area contributed by atoms with Gasteiger partial charge in [-0.05, 0) is 44.0 Å². The second-order valence-corrected chi connectivity index (χ2v) is 5.89. The zero-order chi connectivity index (χ0) is 17.7. The molecule has 1 aromatic rings. The maximum absolute atomic E-state index is 12.3. The molecule has 0 aliphatic carbocycles. The highest BCUT2D eigenvalue weighted by atomic mass is 16.2. The van der Waals surface area contributed by atoms with Crippen molar-refractivity contribution in [2.75, 3.05) is 25.0 Å². The molecule has 3 N–H and O–H groups in total. The van der Waals surface area contributed by atoms with E-state index in [1.54, 1.807) is 0 Å². The maximum Gasteiger partial charge on any atom is 0.318 e. The van der Waals surface area contributed by atoms with E-state index in [-0.39, 0.29) is 24.3 Å². The zero-order valence-electron chi connectivity index (χ0n) is 14.3. The van der Waals surface area contributed by atoms with Gasteiger partial charge < -0.3 is 20.9 Å². The Morgan fingerprint density at radius 3 is 2.71 bits per heavy atom. The van der Waals surface area contributed by atoms with E-state index in [1.165, 1.54) is 4.90 Å². The smallest absolute Gasteiger partial charge is 0.318 e. The molecule has 0 radical (unpaired) electrons. The van der Waals surface area contributed by atoms with Crippen molar-refractivity contribution in [1.29, 1.82) is 0 Å². The molecule has 1 aliphatic rings. The lowest BCUT2D eigenvalue weighted by atomic mass is 10.1. The van der Waals surface area contributed by atoms with Crippen LogP contribution in [0.15, 0.2) is 18.2 Å². The number of amides is 4. The first-order valence-electron chi connectivity index (χ1n) is 8.11. The fourth-order valence-electron chi connectivity index (χ4n) is 2.62. The van der Waals surface area contributed by atoms with Crippen LogP contribution in [-0.2, 0) is 9.59 Å². The van der Waals surface area contributed by atoms with E-state index in [4.69, 9.17) is 0 Å². The Morgan fingerprint density at radius 2 is 2.04 bits per heavy atom. The van der Waals surface area contributed by atoms with Gasteiger partial charge >= 0.3 is 6.03 Å². The van der Waals surface area contributed by atoms with Crippen LogP contribution in [0.1, 0.15) is 24.5 Å². The van der Waals surface area contributed by atoms with E-state index in [9.17, 15) is 14.4 Å². The lowest BCUT2D eigenvalue weighted by Crippen LogP contribution is -2.60. The molecule has 1 aliphatic heterocycles. The summed E-state index contributed by atoms with van der Waals surface area (Å²) in [6.45, 7) is 7.03. The third-order valence-electron chi connectivity index (χ3n) is 4.09. The summed E-state index contributed by atoms with van der Waals surface area (Å²) in [7, 11) is 0. The molecule has 0 saturated carbocycles. The van der Waals surface area contributed by atoms with Gasteiger partial charge in [0.2, 0.25) is 11.8 Å². The molecule has 1 saturated heterocycles. The van der Waals surface area contributed by atoms with Crippen LogP contribution in [-0.4, -0.2) is 48.4 Å². The average molecular weight is 332 g/mol. The van der Waals surface area contributed by atoms with Crippen LogP contribution in [0, 0.1) is 13.8 Å². The molecular formula is C17H24N4O3. The van der Waals surface area contributed by atoms with Gasteiger partial charge in [-0.2, -0.15) is 0 Å². The maximum atomic E-state index is 12.3. The third kappa shape index (κ3) is 4.24. The number of hydrogen-bond acceptors (Lipinski definition) is 3. The Morgan fingerprint density at radius 1 is 1.29 bits per heavy atom. The van der Waals surface area contributed by atoms with Crippen LogP contribution in [0.2, 0.25) is 0 Å². The van der Waals surface area contributed by atoms with E-state index in [2.05, 4.69) is 16.0 Å². The zero-order valence-corrected chi connectivity index (χ0v) is 14.3. The highest BCUT2D eigenvalue weighted by Crippen LogP contribution is 2.16. The molecule has 1 aromatic carbocycles. The Labute approximate surface area is 141 Å². The number of hydrogen-bond donors (Lipinski definition) is 3. The number of anilines is 1. The molecule has 4 amide bonds. The predicted molar refractivity (Wildman–Crippen MR) is 91.7 cm³/mol. The average Bonchev–Trinajstić information content (AvgIpc) is 2.53. The van der Waals surface area contributed by atoms with E-state index in [0.29, 0.717) is 25.3 Å².